The topological polar surface area (TPSA) is 31.2 Å². The van der Waals surface area contributed by atoms with Crippen molar-refractivity contribution in [2.45, 2.75) is 38.8 Å². The molecule has 0 saturated heterocycles. The fourth-order valence-electron chi connectivity index (χ4n) is 2.42. The molecule has 1 heterocycles. The van der Waals surface area contributed by atoms with Crippen LogP contribution in [0.15, 0.2) is 6.07 Å². The number of aromatic nitrogens is 1. The summed E-state index contributed by atoms with van der Waals surface area (Å²) in [6.45, 7) is 4.07. The minimum atomic E-state index is 0.399. The number of ether oxygens (including phenoxy) is 1. The van der Waals surface area contributed by atoms with Crippen LogP contribution in [0, 0.1) is 13.8 Å². The Balaban J connectivity index is 2.22. The van der Waals surface area contributed by atoms with Gasteiger partial charge in [0.25, 0.3) is 0 Å². The van der Waals surface area contributed by atoms with Gasteiger partial charge in [-0.1, -0.05) is 0 Å². The molecule has 2 rings (SSSR count). The lowest BCUT2D eigenvalue weighted by Gasteiger charge is -2.37. The molecule has 1 fully saturated rings. The quantitative estimate of drug-likeness (QED) is 0.712. The van der Waals surface area contributed by atoms with E-state index in [0.29, 0.717) is 12.1 Å². The highest BCUT2D eigenvalue weighted by Crippen LogP contribution is 2.36. The highest BCUT2D eigenvalue weighted by atomic mass is 16.5. The fourth-order valence-corrected chi connectivity index (χ4v) is 2.42. The van der Waals surface area contributed by atoms with Gasteiger partial charge in [0, 0.05) is 30.1 Å². The number of aryl methyl sites for hydroxylation is 1. The van der Waals surface area contributed by atoms with E-state index in [1.54, 1.807) is 7.11 Å². The van der Waals surface area contributed by atoms with Crippen molar-refractivity contribution >= 4 is 6.29 Å². The van der Waals surface area contributed by atoms with E-state index < -0.39 is 0 Å². The van der Waals surface area contributed by atoms with E-state index in [4.69, 9.17) is 4.74 Å². The predicted octanol–water partition coefficient (Wildman–Crippen LogP) is 2.27. The first-order chi connectivity index (χ1) is 7.17. The van der Waals surface area contributed by atoms with E-state index in [1.807, 2.05) is 13.0 Å². The van der Waals surface area contributed by atoms with Gasteiger partial charge in [0.05, 0.1) is 6.10 Å². The summed E-state index contributed by atoms with van der Waals surface area (Å²) in [6.07, 6.45) is 3.46. The first-order valence-corrected chi connectivity index (χ1v) is 5.33. The van der Waals surface area contributed by atoms with Gasteiger partial charge in [-0.2, -0.15) is 0 Å². The van der Waals surface area contributed by atoms with Gasteiger partial charge < -0.3 is 9.30 Å². The zero-order valence-corrected chi connectivity index (χ0v) is 9.49. The molecular weight excluding hydrogens is 190 g/mol. The maximum absolute atomic E-state index is 10.8. The largest absolute Gasteiger partial charge is 0.381 e. The molecule has 1 saturated carbocycles. The Morgan fingerprint density at radius 3 is 2.60 bits per heavy atom. The predicted molar refractivity (Wildman–Crippen MR) is 58.4 cm³/mol. The van der Waals surface area contributed by atoms with Crippen LogP contribution in [0.3, 0.4) is 0 Å². The summed E-state index contributed by atoms with van der Waals surface area (Å²) < 4.78 is 7.53. The van der Waals surface area contributed by atoms with Crippen molar-refractivity contribution in [3.8, 4) is 0 Å². The molecule has 0 unspecified atom stereocenters. The monoisotopic (exact) mass is 207 g/mol. The minimum absolute atomic E-state index is 0.399. The normalized spacial score (nSPS) is 25.0. The maximum Gasteiger partial charge on any atom is 0.151 e. The smallest absolute Gasteiger partial charge is 0.151 e. The van der Waals surface area contributed by atoms with Crippen LogP contribution in [0.2, 0.25) is 0 Å². The molecule has 1 aliphatic rings. The summed E-state index contributed by atoms with van der Waals surface area (Å²) in [7, 11) is 1.76. The number of methoxy groups -OCH3 is 1. The third kappa shape index (κ3) is 1.61. The van der Waals surface area contributed by atoms with Crippen molar-refractivity contribution < 1.29 is 9.53 Å². The Morgan fingerprint density at radius 1 is 1.47 bits per heavy atom. The van der Waals surface area contributed by atoms with Crippen molar-refractivity contribution in [3.63, 3.8) is 0 Å². The van der Waals surface area contributed by atoms with E-state index >= 15 is 0 Å². The first-order valence-electron chi connectivity index (χ1n) is 5.33. The average Bonchev–Trinajstić information content (AvgIpc) is 2.43. The molecule has 0 N–H and O–H groups in total. The molecule has 15 heavy (non-hydrogen) atoms. The number of rotatable bonds is 3. The first kappa shape index (κ1) is 10.4. The zero-order chi connectivity index (χ0) is 11.0. The second kappa shape index (κ2) is 3.81. The molecule has 1 aliphatic carbocycles. The van der Waals surface area contributed by atoms with Gasteiger partial charge in [-0.3, -0.25) is 4.79 Å². The van der Waals surface area contributed by atoms with Crippen LogP contribution in [0.5, 0.6) is 0 Å². The molecule has 0 amide bonds. The van der Waals surface area contributed by atoms with Gasteiger partial charge in [0.1, 0.15) is 0 Å². The van der Waals surface area contributed by atoms with E-state index in [-0.39, 0.29) is 0 Å². The number of hydrogen-bond donors (Lipinski definition) is 0. The molecule has 3 heteroatoms. The van der Waals surface area contributed by atoms with Crippen molar-refractivity contribution in [3.05, 3.63) is 23.0 Å². The molecular formula is C12H17NO2. The van der Waals surface area contributed by atoms with Crippen LogP contribution in [0.4, 0.5) is 0 Å². The van der Waals surface area contributed by atoms with Gasteiger partial charge in [-0.25, -0.2) is 0 Å². The zero-order valence-electron chi connectivity index (χ0n) is 9.49. The summed E-state index contributed by atoms with van der Waals surface area (Å²) in [5.41, 5.74) is 3.07. The minimum Gasteiger partial charge on any atom is -0.381 e. The van der Waals surface area contributed by atoms with Crippen LogP contribution in [-0.2, 0) is 4.74 Å². The number of aldehydes is 1. The van der Waals surface area contributed by atoms with Crippen molar-refractivity contribution in [1.29, 1.82) is 0 Å². The van der Waals surface area contributed by atoms with Crippen LogP contribution < -0.4 is 0 Å². The Kier molecular flexibility index (Phi) is 2.65. The van der Waals surface area contributed by atoms with Gasteiger partial charge in [-0.05, 0) is 32.8 Å². The lowest BCUT2D eigenvalue weighted by Crippen LogP contribution is -2.33. The summed E-state index contributed by atoms with van der Waals surface area (Å²) in [6, 6.07) is 2.48. The lowest BCUT2D eigenvalue weighted by molar-refractivity contribution is 0.00525. The van der Waals surface area contributed by atoms with Crippen LogP contribution in [0.25, 0.3) is 0 Å². The molecule has 0 radical (unpaired) electrons. The van der Waals surface area contributed by atoms with Crippen molar-refractivity contribution in [2.24, 2.45) is 0 Å². The molecule has 0 aromatic carbocycles. The molecule has 1 aromatic heterocycles. The second-order valence-corrected chi connectivity index (χ2v) is 4.30. The fraction of sp³-hybridized carbons (Fsp3) is 0.583. The Labute approximate surface area is 90.0 Å². The van der Waals surface area contributed by atoms with Gasteiger partial charge >= 0.3 is 0 Å². The number of carbonyl (C=O) groups excluding carboxylic acids is 1. The number of hydrogen-bond acceptors (Lipinski definition) is 2. The molecule has 0 aliphatic heterocycles. The molecule has 0 spiro atoms. The number of nitrogens with zero attached hydrogens (tertiary/aromatic N) is 1. The Hall–Kier alpha value is -1.09. The molecule has 1 aromatic rings. The van der Waals surface area contributed by atoms with E-state index in [0.717, 1.165) is 30.4 Å². The van der Waals surface area contributed by atoms with E-state index in [1.165, 1.54) is 5.69 Å². The van der Waals surface area contributed by atoms with E-state index in [2.05, 4.69) is 11.5 Å². The second-order valence-electron chi connectivity index (χ2n) is 4.30. The third-order valence-corrected chi connectivity index (χ3v) is 3.42. The number of carbonyl (C=O) groups is 1. The molecule has 0 atom stereocenters. The standard InChI is InChI=1S/C12H17NO2/c1-8-4-10(7-14)9(2)13(8)11-5-12(6-11)15-3/h4,7,11-12H,5-6H2,1-3H3. The van der Waals surface area contributed by atoms with Crippen LogP contribution in [-0.4, -0.2) is 24.1 Å². The molecule has 3 nitrogen and oxygen atoms in total. The van der Waals surface area contributed by atoms with Crippen molar-refractivity contribution in [2.75, 3.05) is 7.11 Å². The molecule has 0 bridgehead atoms. The summed E-state index contributed by atoms with van der Waals surface area (Å²) in [4.78, 5) is 10.8. The van der Waals surface area contributed by atoms with E-state index in [9.17, 15) is 4.79 Å². The summed E-state index contributed by atoms with van der Waals surface area (Å²) >= 11 is 0. The summed E-state index contributed by atoms with van der Waals surface area (Å²) in [5, 5.41) is 0. The van der Waals surface area contributed by atoms with Crippen LogP contribution >= 0.6 is 0 Å². The van der Waals surface area contributed by atoms with Crippen LogP contribution in [0.1, 0.15) is 40.6 Å². The highest BCUT2D eigenvalue weighted by molar-refractivity contribution is 5.77. The Morgan fingerprint density at radius 2 is 2.13 bits per heavy atom. The third-order valence-electron chi connectivity index (χ3n) is 3.42. The van der Waals surface area contributed by atoms with Gasteiger partial charge in [0.15, 0.2) is 6.29 Å². The van der Waals surface area contributed by atoms with Crippen molar-refractivity contribution in [1.82, 2.24) is 4.57 Å². The highest BCUT2D eigenvalue weighted by Gasteiger charge is 2.32. The lowest BCUT2D eigenvalue weighted by atomic mass is 9.88. The Bertz CT molecular complexity index is 375. The van der Waals surface area contributed by atoms with Gasteiger partial charge in [-0.15, -0.1) is 0 Å². The summed E-state index contributed by atoms with van der Waals surface area (Å²) in [5.74, 6) is 0. The average molecular weight is 207 g/mol. The van der Waals surface area contributed by atoms with Gasteiger partial charge in [0.2, 0.25) is 0 Å². The SMILES string of the molecule is COC1CC(n2c(C)cc(C=O)c2C)C1. The molecule has 82 valence electrons. The maximum atomic E-state index is 10.8.